The first-order valence-electron chi connectivity index (χ1n) is 6.34. The topological polar surface area (TPSA) is 58.2 Å². The molecule has 0 saturated carbocycles. The van der Waals surface area contributed by atoms with Crippen molar-refractivity contribution >= 4 is 21.8 Å². The lowest BCUT2D eigenvalue weighted by atomic mass is 10.1. The summed E-state index contributed by atoms with van der Waals surface area (Å²) >= 11 is 1.66. The molecule has 0 aliphatic heterocycles. The molecule has 1 rings (SSSR count). The molecule has 0 atom stereocenters. The molecule has 0 fully saturated rings. The third-order valence-corrected chi connectivity index (χ3v) is 5.13. The van der Waals surface area contributed by atoms with Crippen LogP contribution in [0.15, 0.2) is 17.0 Å². The smallest absolute Gasteiger partial charge is 0.240 e. The minimum absolute atomic E-state index is 0.0203. The van der Waals surface area contributed by atoms with Crippen LogP contribution in [0.4, 0.5) is 4.39 Å². The summed E-state index contributed by atoms with van der Waals surface area (Å²) in [7, 11) is -1.93. The van der Waals surface area contributed by atoms with Gasteiger partial charge in [0.25, 0.3) is 0 Å². The van der Waals surface area contributed by atoms with Crippen molar-refractivity contribution in [1.29, 1.82) is 0 Å². The Morgan fingerprint density at radius 2 is 2.05 bits per heavy atom. The highest BCUT2D eigenvalue weighted by atomic mass is 32.2. The maximum absolute atomic E-state index is 13.8. The van der Waals surface area contributed by atoms with E-state index < -0.39 is 15.8 Å². The summed E-state index contributed by atoms with van der Waals surface area (Å²) in [5.74, 6) is 0.387. The van der Waals surface area contributed by atoms with Crippen LogP contribution in [-0.2, 0) is 16.6 Å². The van der Waals surface area contributed by atoms with E-state index in [1.807, 2.05) is 6.26 Å². The van der Waals surface area contributed by atoms with Crippen LogP contribution in [0.2, 0.25) is 0 Å². The maximum Gasteiger partial charge on any atom is 0.240 e. The Balaban J connectivity index is 2.98. The second-order valence-corrected chi connectivity index (χ2v) is 7.20. The number of sulfonamides is 1. The van der Waals surface area contributed by atoms with Crippen molar-refractivity contribution in [2.75, 3.05) is 25.6 Å². The predicted molar refractivity (Wildman–Crippen MR) is 82.1 cm³/mol. The number of hydrogen-bond donors (Lipinski definition) is 2. The van der Waals surface area contributed by atoms with Crippen LogP contribution in [0.1, 0.15) is 17.5 Å². The second-order valence-electron chi connectivity index (χ2n) is 4.48. The van der Waals surface area contributed by atoms with Gasteiger partial charge >= 0.3 is 0 Å². The molecule has 0 aliphatic carbocycles. The molecule has 2 N–H and O–H groups in total. The molecule has 1 aromatic rings. The molecule has 4 nitrogen and oxygen atoms in total. The van der Waals surface area contributed by atoms with Gasteiger partial charge < -0.3 is 5.32 Å². The van der Waals surface area contributed by atoms with Gasteiger partial charge in [0.1, 0.15) is 5.82 Å². The summed E-state index contributed by atoms with van der Waals surface area (Å²) in [5.41, 5.74) is 0.766. The van der Waals surface area contributed by atoms with Crippen molar-refractivity contribution in [3.63, 3.8) is 0 Å². The first kappa shape index (κ1) is 17.4. The number of nitrogens with one attached hydrogen (secondary N) is 2. The average molecular weight is 320 g/mol. The molecule has 7 heteroatoms. The number of thioether (sulfide) groups is 1. The van der Waals surface area contributed by atoms with E-state index in [1.165, 1.54) is 19.1 Å². The number of hydrogen-bond acceptors (Lipinski definition) is 4. The van der Waals surface area contributed by atoms with Gasteiger partial charge in [0.05, 0.1) is 4.90 Å². The van der Waals surface area contributed by atoms with Gasteiger partial charge in [0.15, 0.2) is 0 Å². The zero-order valence-electron chi connectivity index (χ0n) is 12.0. The summed E-state index contributed by atoms with van der Waals surface area (Å²) in [6.07, 6.45) is 2.72. The summed E-state index contributed by atoms with van der Waals surface area (Å²) in [4.78, 5) is 0.0203. The molecular formula is C13H21FN2O2S2. The highest BCUT2D eigenvalue weighted by molar-refractivity contribution is 7.98. The van der Waals surface area contributed by atoms with E-state index >= 15 is 0 Å². The Morgan fingerprint density at radius 1 is 1.35 bits per heavy atom. The molecule has 114 valence electrons. The molecule has 0 heterocycles. The first-order chi connectivity index (χ1) is 9.42. The van der Waals surface area contributed by atoms with Crippen molar-refractivity contribution in [2.45, 2.75) is 24.8 Å². The lowest BCUT2D eigenvalue weighted by Crippen LogP contribution is -2.26. The fourth-order valence-electron chi connectivity index (χ4n) is 1.79. The normalized spacial score (nSPS) is 11.8. The molecule has 0 aliphatic rings. The fraction of sp³-hybridized carbons (Fsp3) is 0.538. The van der Waals surface area contributed by atoms with Crippen LogP contribution in [0.3, 0.4) is 0 Å². The van der Waals surface area contributed by atoms with E-state index in [9.17, 15) is 12.8 Å². The molecule has 0 amide bonds. The van der Waals surface area contributed by atoms with E-state index in [1.54, 1.807) is 18.8 Å². The Hall–Kier alpha value is -0.630. The minimum atomic E-state index is -3.66. The Morgan fingerprint density at radius 3 is 2.65 bits per heavy atom. The molecule has 0 spiro atoms. The maximum atomic E-state index is 13.8. The zero-order chi connectivity index (χ0) is 15.2. The molecule has 0 aromatic heterocycles. The van der Waals surface area contributed by atoms with E-state index in [4.69, 9.17) is 0 Å². The monoisotopic (exact) mass is 320 g/mol. The largest absolute Gasteiger partial charge is 0.316 e. The number of halogens is 1. The van der Waals surface area contributed by atoms with Crippen LogP contribution in [0, 0.1) is 12.7 Å². The van der Waals surface area contributed by atoms with Crippen molar-refractivity contribution in [3.8, 4) is 0 Å². The minimum Gasteiger partial charge on any atom is -0.316 e. The Bertz CT molecular complexity index is 548. The van der Waals surface area contributed by atoms with Gasteiger partial charge in [-0.2, -0.15) is 11.8 Å². The van der Waals surface area contributed by atoms with Gasteiger partial charge in [-0.15, -0.1) is 0 Å². The van der Waals surface area contributed by atoms with Crippen LogP contribution in [0.25, 0.3) is 0 Å². The van der Waals surface area contributed by atoms with Crippen molar-refractivity contribution in [3.05, 3.63) is 29.1 Å². The first-order valence-corrected chi connectivity index (χ1v) is 9.22. The van der Waals surface area contributed by atoms with E-state index in [-0.39, 0.29) is 10.5 Å². The van der Waals surface area contributed by atoms with Gasteiger partial charge in [-0.05, 0) is 50.1 Å². The van der Waals surface area contributed by atoms with Crippen LogP contribution in [0.5, 0.6) is 0 Å². The predicted octanol–water partition coefficient (Wildman–Crippen LogP) is 1.88. The van der Waals surface area contributed by atoms with Gasteiger partial charge in [0, 0.05) is 18.7 Å². The van der Waals surface area contributed by atoms with Crippen LogP contribution in [-0.4, -0.2) is 34.0 Å². The molecule has 1 aromatic carbocycles. The lowest BCUT2D eigenvalue weighted by Gasteiger charge is -2.12. The van der Waals surface area contributed by atoms with Crippen LogP contribution >= 0.6 is 11.8 Å². The molecule has 0 radical (unpaired) electrons. The van der Waals surface area contributed by atoms with E-state index in [0.717, 1.165) is 12.2 Å². The van der Waals surface area contributed by atoms with E-state index in [2.05, 4.69) is 10.0 Å². The molecule has 0 unspecified atom stereocenters. The zero-order valence-corrected chi connectivity index (χ0v) is 13.6. The van der Waals surface area contributed by atoms with Crippen molar-refractivity contribution in [2.24, 2.45) is 0 Å². The standard InChI is InChI=1S/C13H21FN2O2S2/c1-10-12(14)7-11(9-15-2)8-13(10)20(17,18)16-5-4-6-19-3/h7-8,15-16H,4-6,9H2,1-3H3. The molecule has 0 saturated heterocycles. The Kier molecular flexibility index (Phi) is 6.94. The number of benzene rings is 1. The Labute approximate surface area is 124 Å². The van der Waals surface area contributed by atoms with Gasteiger partial charge in [-0.25, -0.2) is 17.5 Å². The average Bonchev–Trinajstić information content (AvgIpc) is 2.39. The molecule has 0 bridgehead atoms. The fourth-order valence-corrected chi connectivity index (χ4v) is 3.60. The lowest BCUT2D eigenvalue weighted by molar-refractivity contribution is 0.573. The highest BCUT2D eigenvalue weighted by Gasteiger charge is 2.19. The second kappa shape index (κ2) is 7.97. The van der Waals surface area contributed by atoms with Gasteiger partial charge in [0.2, 0.25) is 10.0 Å². The van der Waals surface area contributed by atoms with Crippen molar-refractivity contribution < 1.29 is 12.8 Å². The summed E-state index contributed by atoms with van der Waals surface area (Å²) in [6, 6.07) is 2.88. The van der Waals surface area contributed by atoms with Crippen LogP contribution < -0.4 is 10.0 Å². The summed E-state index contributed by atoms with van der Waals surface area (Å²) in [5, 5.41) is 2.88. The molecular weight excluding hydrogens is 299 g/mol. The molecule has 20 heavy (non-hydrogen) atoms. The van der Waals surface area contributed by atoms with E-state index in [0.29, 0.717) is 18.7 Å². The number of rotatable bonds is 8. The third-order valence-electron chi connectivity index (χ3n) is 2.84. The third kappa shape index (κ3) is 4.73. The summed E-state index contributed by atoms with van der Waals surface area (Å²) in [6.45, 7) is 2.27. The SMILES string of the molecule is CNCc1cc(F)c(C)c(S(=O)(=O)NCCCSC)c1. The van der Waals surface area contributed by atoms with Crippen molar-refractivity contribution in [1.82, 2.24) is 10.0 Å². The van der Waals surface area contributed by atoms with Gasteiger partial charge in [-0.3, -0.25) is 0 Å². The van der Waals surface area contributed by atoms with Gasteiger partial charge in [-0.1, -0.05) is 0 Å². The highest BCUT2D eigenvalue weighted by Crippen LogP contribution is 2.20. The quantitative estimate of drug-likeness (QED) is 0.718. The summed E-state index contributed by atoms with van der Waals surface area (Å²) < 4.78 is 40.8.